The van der Waals surface area contributed by atoms with Gasteiger partial charge in [0.05, 0.1) is 26.8 Å². The second-order valence-electron chi connectivity index (χ2n) is 5.93. The van der Waals surface area contributed by atoms with Crippen molar-refractivity contribution in [1.29, 1.82) is 0 Å². The largest absolute Gasteiger partial charge is 0.276 e. The van der Waals surface area contributed by atoms with Crippen LogP contribution in [0.25, 0.3) is 0 Å². The third-order valence-corrected chi connectivity index (χ3v) is 5.50. The molecule has 0 unspecified atom stereocenters. The number of hydrogen-bond donors (Lipinski definition) is 0. The predicted molar refractivity (Wildman–Crippen MR) is 99.6 cm³/mol. The predicted octanol–water partition coefficient (Wildman–Crippen LogP) is 2.84. The Morgan fingerprint density at radius 1 is 1.14 bits per heavy atom. The van der Waals surface area contributed by atoms with Crippen LogP contribution in [0.4, 0.5) is 10.1 Å². The number of aromatic nitrogens is 2. The fourth-order valence-corrected chi connectivity index (χ4v) is 3.90. The first-order chi connectivity index (χ1) is 13.2. The number of nitrogens with zero attached hydrogens (tertiary/aromatic N) is 3. The second-order valence-corrected chi connectivity index (χ2v) is 7.89. The quantitative estimate of drug-likeness (QED) is 0.382. The van der Waals surface area contributed by atoms with Gasteiger partial charge in [-0.2, -0.15) is 5.10 Å². The van der Waals surface area contributed by atoms with Crippen LogP contribution >= 0.6 is 0 Å². The Bertz CT molecular complexity index is 1210. The van der Waals surface area contributed by atoms with Gasteiger partial charge in [-0.3, -0.25) is 14.8 Å². The van der Waals surface area contributed by atoms with Crippen molar-refractivity contribution in [1.82, 2.24) is 9.78 Å². The molecule has 0 radical (unpaired) electrons. The van der Waals surface area contributed by atoms with E-state index < -0.39 is 20.6 Å². The van der Waals surface area contributed by atoms with E-state index in [-0.39, 0.29) is 21.9 Å². The smallest absolute Gasteiger partial charge is 0.270 e. The first-order valence-corrected chi connectivity index (χ1v) is 9.67. The van der Waals surface area contributed by atoms with Crippen molar-refractivity contribution in [3.8, 4) is 11.8 Å². The molecule has 0 aliphatic carbocycles. The zero-order chi connectivity index (χ0) is 20.3. The van der Waals surface area contributed by atoms with Crippen LogP contribution in [0.2, 0.25) is 0 Å². The van der Waals surface area contributed by atoms with Crippen molar-refractivity contribution >= 4 is 15.5 Å². The van der Waals surface area contributed by atoms with Gasteiger partial charge in [-0.15, -0.1) is 0 Å². The Hall–Kier alpha value is -3.51. The number of benzene rings is 2. The van der Waals surface area contributed by atoms with Crippen molar-refractivity contribution in [3.05, 3.63) is 87.5 Å². The average molecular weight is 399 g/mol. The molecule has 0 amide bonds. The van der Waals surface area contributed by atoms with Crippen LogP contribution in [0.1, 0.15) is 16.8 Å². The van der Waals surface area contributed by atoms with E-state index in [4.69, 9.17) is 0 Å². The van der Waals surface area contributed by atoms with Gasteiger partial charge in [0, 0.05) is 30.9 Å². The SMILES string of the molecule is Cn1ccc(CS(=O)(=O)c2ccc([N+](=O)[O-])cc2C#Cc2ccc(F)cc2)n1. The lowest BCUT2D eigenvalue weighted by Crippen LogP contribution is -2.08. The maximum atomic E-state index is 13.0. The standard InChI is InChI=1S/C19H14FN3O4S/c1-22-11-10-17(21-22)13-28(26,27)19-9-8-18(23(24)25)12-15(19)5-2-14-3-6-16(20)7-4-14/h3-4,6-12H,13H2,1H3. The van der Waals surface area contributed by atoms with Gasteiger partial charge in [0.25, 0.3) is 5.69 Å². The first-order valence-electron chi connectivity index (χ1n) is 8.02. The summed E-state index contributed by atoms with van der Waals surface area (Å²) in [6.07, 6.45) is 1.62. The number of hydrogen-bond acceptors (Lipinski definition) is 5. The summed E-state index contributed by atoms with van der Waals surface area (Å²) in [6.45, 7) is 0. The molecule has 0 spiro atoms. The number of aryl methyl sites for hydroxylation is 1. The van der Waals surface area contributed by atoms with Crippen molar-refractivity contribution in [3.63, 3.8) is 0 Å². The minimum atomic E-state index is -3.85. The summed E-state index contributed by atoms with van der Waals surface area (Å²) in [4.78, 5) is 10.3. The zero-order valence-corrected chi connectivity index (χ0v) is 15.5. The highest BCUT2D eigenvalue weighted by atomic mass is 32.2. The average Bonchev–Trinajstić information content (AvgIpc) is 3.05. The lowest BCUT2D eigenvalue weighted by molar-refractivity contribution is -0.384. The van der Waals surface area contributed by atoms with Crippen LogP contribution in [-0.2, 0) is 22.6 Å². The van der Waals surface area contributed by atoms with Gasteiger partial charge in [0.1, 0.15) is 5.82 Å². The Labute approximate surface area is 160 Å². The molecule has 0 fully saturated rings. The fourth-order valence-electron chi connectivity index (χ4n) is 2.49. The summed E-state index contributed by atoms with van der Waals surface area (Å²) in [5, 5.41) is 15.1. The lowest BCUT2D eigenvalue weighted by Gasteiger charge is -2.06. The van der Waals surface area contributed by atoms with Gasteiger partial charge < -0.3 is 0 Å². The first kappa shape index (κ1) is 19.3. The Kier molecular flexibility index (Phi) is 5.24. The summed E-state index contributed by atoms with van der Waals surface area (Å²) in [6, 6.07) is 10.3. The van der Waals surface area contributed by atoms with Crippen molar-refractivity contribution < 1.29 is 17.7 Å². The number of non-ortho nitro benzene ring substituents is 1. The molecule has 2 aromatic carbocycles. The van der Waals surface area contributed by atoms with Gasteiger partial charge in [-0.25, -0.2) is 12.8 Å². The van der Waals surface area contributed by atoms with Crippen LogP contribution in [0.5, 0.6) is 0 Å². The summed E-state index contributed by atoms with van der Waals surface area (Å²) in [5.74, 6) is 4.58. The topological polar surface area (TPSA) is 95.1 Å². The Morgan fingerprint density at radius 2 is 1.86 bits per heavy atom. The zero-order valence-electron chi connectivity index (χ0n) is 14.7. The molecule has 3 rings (SSSR count). The molecule has 3 aromatic rings. The van der Waals surface area contributed by atoms with Crippen LogP contribution in [0.3, 0.4) is 0 Å². The molecule has 7 nitrogen and oxygen atoms in total. The summed E-state index contributed by atoms with van der Waals surface area (Å²) < 4.78 is 40.2. The van der Waals surface area contributed by atoms with Crippen molar-refractivity contribution in [2.24, 2.45) is 7.05 Å². The number of halogens is 1. The maximum absolute atomic E-state index is 13.0. The van der Waals surface area contributed by atoms with Crippen LogP contribution in [0.15, 0.2) is 59.6 Å². The highest BCUT2D eigenvalue weighted by Gasteiger charge is 2.22. The van der Waals surface area contributed by atoms with E-state index in [0.29, 0.717) is 11.3 Å². The van der Waals surface area contributed by atoms with E-state index in [1.165, 1.54) is 35.0 Å². The van der Waals surface area contributed by atoms with Gasteiger partial charge >= 0.3 is 0 Å². The van der Waals surface area contributed by atoms with E-state index in [1.807, 2.05) is 0 Å². The lowest BCUT2D eigenvalue weighted by atomic mass is 10.1. The number of rotatable bonds is 4. The molecule has 28 heavy (non-hydrogen) atoms. The monoisotopic (exact) mass is 399 g/mol. The normalized spacial score (nSPS) is 10.9. The highest BCUT2D eigenvalue weighted by Crippen LogP contribution is 2.24. The minimum Gasteiger partial charge on any atom is -0.276 e. The Morgan fingerprint density at radius 3 is 2.46 bits per heavy atom. The molecule has 0 saturated carbocycles. The summed E-state index contributed by atoms with van der Waals surface area (Å²) in [5.41, 5.74) is 0.508. The molecule has 1 aromatic heterocycles. The third-order valence-electron chi connectivity index (χ3n) is 3.80. The molecular formula is C19H14FN3O4S. The van der Waals surface area contributed by atoms with Gasteiger partial charge in [0.2, 0.25) is 0 Å². The number of nitro benzene ring substituents is 1. The molecule has 0 saturated heterocycles. The number of nitro groups is 1. The molecule has 0 aliphatic rings. The molecule has 1 heterocycles. The highest BCUT2D eigenvalue weighted by molar-refractivity contribution is 7.90. The van der Waals surface area contributed by atoms with Crippen LogP contribution in [0, 0.1) is 27.8 Å². The van der Waals surface area contributed by atoms with Crippen molar-refractivity contribution in [2.45, 2.75) is 10.6 Å². The molecule has 0 bridgehead atoms. The summed E-state index contributed by atoms with van der Waals surface area (Å²) >= 11 is 0. The van der Waals surface area contributed by atoms with E-state index in [1.54, 1.807) is 19.3 Å². The number of sulfone groups is 1. The maximum Gasteiger partial charge on any atom is 0.270 e. The second kappa shape index (κ2) is 7.62. The molecule has 142 valence electrons. The van der Waals surface area contributed by atoms with E-state index in [0.717, 1.165) is 12.1 Å². The van der Waals surface area contributed by atoms with Gasteiger partial charge in [0.15, 0.2) is 9.84 Å². The van der Waals surface area contributed by atoms with E-state index in [2.05, 4.69) is 16.9 Å². The van der Waals surface area contributed by atoms with Gasteiger partial charge in [-0.05, 0) is 36.4 Å². The minimum absolute atomic E-state index is 0.00513. The molecule has 9 heteroatoms. The molecule has 0 N–H and O–H groups in total. The fraction of sp³-hybridized carbons (Fsp3) is 0.105. The van der Waals surface area contributed by atoms with Crippen molar-refractivity contribution in [2.75, 3.05) is 0 Å². The molecule has 0 aliphatic heterocycles. The Balaban J connectivity index is 2.05. The molecular weight excluding hydrogens is 385 g/mol. The van der Waals surface area contributed by atoms with E-state index in [9.17, 15) is 22.9 Å². The third kappa shape index (κ3) is 4.42. The van der Waals surface area contributed by atoms with E-state index >= 15 is 0 Å². The van der Waals surface area contributed by atoms with Gasteiger partial charge in [-0.1, -0.05) is 11.8 Å². The van der Waals surface area contributed by atoms with Crippen LogP contribution in [-0.4, -0.2) is 23.1 Å². The van der Waals surface area contributed by atoms with Crippen LogP contribution < -0.4 is 0 Å². The molecule has 0 atom stereocenters. The summed E-state index contributed by atoms with van der Waals surface area (Å²) in [7, 11) is -2.18.